The molecule has 0 saturated carbocycles. The van der Waals surface area contributed by atoms with Gasteiger partial charge in [-0.3, -0.25) is 5.10 Å². The van der Waals surface area contributed by atoms with Crippen molar-refractivity contribution < 1.29 is 9.47 Å². The van der Waals surface area contributed by atoms with Crippen LogP contribution in [-0.2, 0) is 13.2 Å². The molecule has 3 aromatic rings. The average molecular weight is 356 g/mol. The Balaban J connectivity index is 1.65. The van der Waals surface area contributed by atoms with E-state index in [2.05, 4.69) is 46.8 Å². The predicted octanol–water partition coefficient (Wildman–Crippen LogP) is 3.58. The third kappa shape index (κ3) is 4.39. The number of hydrogen-bond donors (Lipinski definition) is 2. The van der Waals surface area contributed by atoms with Crippen molar-refractivity contribution in [2.75, 3.05) is 12.5 Å². The maximum absolute atomic E-state index is 5.90. The lowest BCUT2D eigenvalue weighted by Crippen LogP contribution is -2.13. The van der Waals surface area contributed by atoms with E-state index in [9.17, 15) is 0 Å². The van der Waals surface area contributed by atoms with Crippen LogP contribution in [0.3, 0.4) is 0 Å². The number of aromatic amines is 1. The summed E-state index contributed by atoms with van der Waals surface area (Å²) in [5.74, 6) is 1.41. The molecule has 0 unspecified atom stereocenters. The fraction of sp³-hybridized carbons (Fsp3) is 0.222. The molecule has 6 nitrogen and oxygen atoms in total. The summed E-state index contributed by atoms with van der Waals surface area (Å²) in [7, 11) is 1.64. The van der Waals surface area contributed by atoms with E-state index in [0.717, 1.165) is 11.1 Å². The van der Waals surface area contributed by atoms with Gasteiger partial charge in [-0.05, 0) is 42.4 Å². The number of H-pyrrole nitrogens is 1. The fourth-order valence-electron chi connectivity index (χ4n) is 2.32. The molecule has 0 spiro atoms. The minimum absolute atomic E-state index is 0.498. The van der Waals surface area contributed by atoms with Gasteiger partial charge in [0.05, 0.1) is 13.7 Å². The lowest BCUT2D eigenvalue weighted by atomic mass is 10.1. The number of rotatable bonds is 7. The van der Waals surface area contributed by atoms with Crippen LogP contribution in [0.2, 0.25) is 0 Å². The zero-order valence-corrected chi connectivity index (χ0v) is 15.0. The number of aromatic nitrogens is 3. The summed E-state index contributed by atoms with van der Waals surface area (Å²) >= 11 is 5.10. The van der Waals surface area contributed by atoms with E-state index in [1.165, 1.54) is 5.56 Å². The Labute approximate surface area is 151 Å². The first-order valence-electron chi connectivity index (χ1n) is 7.87. The summed E-state index contributed by atoms with van der Waals surface area (Å²) < 4.78 is 13.5. The van der Waals surface area contributed by atoms with Crippen molar-refractivity contribution in [3.63, 3.8) is 0 Å². The monoisotopic (exact) mass is 356 g/mol. The fourth-order valence-corrected chi connectivity index (χ4v) is 2.49. The van der Waals surface area contributed by atoms with Crippen LogP contribution in [0.4, 0.5) is 0 Å². The highest BCUT2D eigenvalue weighted by atomic mass is 32.1. The molecule has 1 heterocycles. The van der Waals surface area contributed by atoms with Crippen LogP contribution in [0.25, 0.3) is 0 Å². The van der Waals surface area contributed by atoms with Crippen molar-refractivity contribution in [3.05, 3.63) is 70.3 Å². The molecule has 0 radical (unpaired) electrons. The first-order valence-corrected chi connectivity index (χ1v) is 8.27. The highest BCUT2D eigenvalue weighted by Crippen LogP contribution is 2.29. The summed E-state index contributed by atoms with van der Waals surface area (Å²) in [6.07, 6.45) is 1.60. The Morgan fingerprint density at radius 3 is 2.56 bits per heavy atom. The van der Waals surface area contributed by atoms with Gasteiger partial charge in [0.1, 0.15) is 12.9 Å². The first-order chi connectivity index (χ1) is 12.2. The molecule has 0 aliphatic carbocycles. The zero-order chi connectivity index (χ0) is 17.6. The van der Waals surface area contributed by atoms with E-state index in [4.69, 9.17) is 21.7 Å². The van der Waals surface area contributed by atoms with Gasteiger partial charge in [0, 0.05) is 0 Å². The van der Waals surface area contributed by atoms with E-state index in [1.807, 2.05) is 18.2 Å². The number of benzene rings is 2. The Morgan fingerprint density at radius 2 is 1.88 bits per heavy atom. The number of methoxy groups -OCH3 is 1. The molecular formula is C18H20N4O2S. The van der Waals surface area contributed by atoms with Crippen LogP contribution in [0, 0.1) is 11.7 Å². The molecule has 0 amide bonds. The standard InChI is InChI=1S/C18H20N4O2S/c1-13-3-5-14(6-4-13)11-24-16-8-7-15(9-17(16)23-2)10-20-22-12-19-21-18(22)25/h3-9,12,20H,10-11H2,1-2H3,(H,21,25). The molecule has 0 saturated heterocycles. The maximum atomic E-state index is 5.90. The maximum Gasteiger partial charge on any atom is 0.214 e. The van der Waals surface area contributed by atoms with Gasteiger partial charge in [-0.25, -0.2) is 4.68 Å². The van der Waals surface area contributed by atoms with Gasteiger partial charge in [0.2, 0.25) is 4.77 Å². The number of nitrogens with one attached hydrogen (secondary N) is 2. The van der Waals surface area contributed by atoms with Crippen LogP contribution >= 0.6 is 12.2 Å². The van der Waals surface area contributed by atoms with Gasteiger partial charge < -0.3 is 14.9 Å². The van der Waals surface area contributed by atoms with Gasteiger partial charge in [-0.2, -0.15) is 5.10 Å². The van der Waals surface area contributed by atoms with Crippen molar-refractivity contribution in [1.82, 2.24) is 14.9 Å². The number of nitrogens with zero attached hydrogens (tertiary/aromatic N) is 2. The highest BCUT2D eigenvalue weighted by molar-refractivity contribution is 7.71. The van der Waals surface area contributed by atoms with E-state index >= 15 is 0 Å². The molecule has 2 aromatic carbocycles. The molecule has 2 N–H and O–H groups in total. The normalized spacial score (nSPS) is 10.5. The number of hydrogen-bond acceptors (Lipinski definition) is 5. The van der Waals surface area contributed by atoms with Crippen LogP contribution in [0.15, 0.2) is 48.8 Å². The topological polar surface area (TPSA) is 64.1 Å². The molecule has 7 heteroatoms. The van der Waals surface area contributed by atoms with E-state index in [0.29, 0.717) is 29.4 Å². The molecule has 0 bridgehead atoms. The van der Waals surface area contributed by atoms with Crippen molar-refractivity contribution >= 4 is 12.2 Å². The summed E-state index contributed by atoms with van der Waals surface area (Å²) in [4.78, 5) is 0. The molecule has 3 rings (SSSR count). The SMILES string of the molecule is COc1cc(CNn2cn[nH]c2=S)ccc1OCc1ccc(C)cc1. The summed E-state index contributed by atoms with van der Waals surface area (Å²) in [6.45, 7) is 3.15. The van der Waals surface area contributed by atoms with E-state index < -0.39 is 0 Å². The minimum atomic E-state index is 0.498. The van der Waals surface area contributed by atoms with Crippen molar-refractivity contribution in [2.45, 2.75) is 20.1 Å². The van der Waals surface area contributed by atoms with Crippen molar-refractivity contribution in [1.29, 1.82) is 0 Å². The molecule has 1 aromatic heterocycles. The van der Waals surface area contributed by atoms with Crippen LogP contribution in [0.5, 0.6) is 11.5 Å². The Bertz CT molecular complexity index is 887. The lowest BCUT2D eigenvalue weighted by molar-refractivity contribution is 0.284. The van der Waals surface area contributed by atoms with Crippen molar-refractivity contribution in [3.8, 4) is 11.5 Å². The van der Waals surface area contributed by atoms with Gasteiger partial charge >= 0.3 is 0 Å². The smallest absolute Gasteiger partial charge is 0.214 e. The Morgan fingerprint density at radius 1 is 1.12 bits per heavy atom. The lowest BCUT2D eigenvalue weighted by Gasteiger charge is -2.13. The van der Waals surface area contributed by atoms with E-state index in [1.54, 1.807) is 18.1 Å². The number of aryl methyl sites for hydroxylation is 1. The molecule has 25 heavy (non-hydrogen) atoms. The minimum Gasteiger partial charge on any atom is -0.493 e. The predicted molar refractivity (Wildman–Crippen MR) is 99.0 cm³/mol. The molecule has 0 fully saturated rings. The second kappa shape index (κ2) is 7.85. The Hall–Kier alpha value is -2.80. The molecule has 0 aliphatic rings. The van der Waals surface area contributed by atoms with Crippen LogP contribution in [-0.4, -0.2) is 22.0 Å². The highest BCUT2D eigenvalue weighted by Gasteiger charge is 2.07. The van der Waals surface area contributed by atoms with Gasteiger partial charge in [0.25, 0.3) is 0 Å². The van der Waals surface area contributed by atoms with Gasteiger partial charge in [-0.15, -0.1) is 0 Å². The van der Waals surface area contributed by atoms with Gasteiger partial charge in [0.15, 0.2) is 11.5 Å². The largest absolute Gasteiger partial charge is 0.493 e. The summed E-state index contributed by atoms with van der Waals surface area (Å²) in [5.41, 5.74) is 6.56. The second-order valence-corrected chi connectivity index (χ2v) is 6.01. The van der Waals surface area contributed by atoms with Gasteiger partial charge in [-0.1, -0.05) is 35.9 Å². The van der Waals surface area contributed by atoms with Crippen LogP contribution in [0.1, 0.15) is 16.7 Å². The van der Waals surface area contributed by atoms with Crippen molar-refractivity contribution in [2.24, 2.45) is 0 Å². The average Bonchev–Trinajstić information content (AvgIpc) is 3.04. The first kappa shape index (κ1) is 17.0. The Kier molecular flexibility index (Phi) is 5.35. The zero-order valence-electron chi connectivity index (χ0n) is 14.2. The summed E-state index contributed by atoms with van der Waals surface area (Å²) in [6, 6.07) is 14.1. The second-order valence-electron chi connectivity index (χ2n) is 5.63. The third-order valence-electron chi connectivity index (χ3n) is 3.75. The summed E-state index contributed by atoms with van der Waals surface area (Å²) in [5, 5.41) is 6.56. The molecular weight excluding hydrogens is 336 g/mol. The van der Waals surface area contributed by atoms with Crippen LogP contribution < -0.4 is 14.9 Å². The van der Waals surface area contributed by atoms with E-state index in [-0.39, 0.29) is 0 Å². The molecule has 0 atom stereocenters. The molecule has 130 valence electrons. The molecule has 0 aliphatic heterocycles. The quantitative estimate of drug-likeness (QED) is 0.634. The third-order valence-corrected chi connectivity index (χ3v) is 4.04. The number of ether oxygens (including phenoxy) is 2.